The third-order valence-electron chi connectivity index (χ3n) is 3.33. The van der Waals surface area contributed by atoms with Crippen molar-refractivity contribution in [2.75, 3.05) is 10.6 Å². The van der Waals surface area contributed by atoms with Gasteiger partial charge in [-0.2, -0.15) is 0 Å². The van der Waals surface area contributed by atoms with Crippen LogP contribution in [0.25, 0.3) is 0 Å². The van der Waals surface area contributed by atoms with Crippen molar-refractivity contribution < 1.29 is 4.79 Å². The second-order valence-electron chi connectivity index (χ2n) is 5.12. The fourth-order valence-corrected chi connectivity index (χ4v) is 2.68. The van der Waals surface area contributed by atoms with Crippen LogP contribution < -0.4 is 10.6 Å². The van der Waals surface area contributed by atoms with E-state index >= 15 is 0 Å². The fraction of sp³-hybridized carbons (Fsp3) is 0. The molecule has 0 fully saturated rings. The summed E-state index contributed by atoms with van der Waals surface area (Å²) < 4.78 is 0. The highest BCUT2D eigenvalue weighted by Gasteiger charge is 2.10. The zero-order valence-electron chi connectivity index (χ0n) is 12.8. The van der Waals surface area contributed by atoms with Crippen molar-refractivity contribution in [1.29, 1.82) is 0 Å². The molecule has 1 amide bonds. The summed E-state index contributed by atoms with van der Waals surface area (Å²) in [6, 6.07) is 15.4. The molecule has 0 bridgehead atoms. The third kappa shape index (κ3) is 4.42. The highest BCUT2D eigenvalue weighted by Crippen LogP contribution is 2.28. The van der Waals surface area contributed by atoms with Crippen molar-refractivity contribution in [3.63, 3.8) is 0 Å². The lowest BCUT2D eigenvalue weighted by molar-refractivity contribution is 0.102. The van der Waals surface area contributed by atoms with Gasteiger partial charge in [0.25, 0.3) is 5.91 Å². The Bertz CT molecular complexity index is 914. The molecule has 0 unspecified atom stereocenters. The Morgan fingerprint density at radius 3 is 2.44 bits per heavy atom. The largest absolute Gasteiger partial charge is 0.339 e. The summed E-state index contributed by atoms with van der Waals surface area (Å²) in [5, 5.41) is 7.31. The maximum atomic E-state index is 12.2. The van der Waals surface area contributed by atoms with E-state index in [4.69, 9.17) is 34.8 Å². The number of aromatic nitrogens is 1. The first-order chi connectivity index (χ1) is 12.0. The lowest BCUT2D eigenvalue weighted by Crippen LogP contribution is -2.12. The van der Waals surface area contributed by atoms with Crippen molar-refractivity contribution >= 4 is 57.9 Å². The molecular formula is C18H12Cl3N3O. The molecule has 126 valence electrons. The van der Waals surface area contributed by atoms with Crippen molar-refractivity contribution in [3.8, 4) is 0 Å². The number of hydrogen-bond donors (Lipinski definition) is 2. The van der Waals surface area contributed by atoms with Crippen LogP contribution in [0.3, 0.4) is 0 Å². The molecule has 0 radical (unpaired) electrons. The van der Waals surface area contributed by atoms with Crippen LogP contribution in [0.1, 0.15) is 10.4 Å². The lowest BCUT2D eigenvalue weighted by Gasteiger charge is -2.10. The first kappa shape index (κ1) is 17.5. The molecule has 7 heteroatoms. The number of halogens is 3. The number of nitrogens with zero attached hydrogens (tertiary/aromatic N) is 1. The van der Waals surface area contributed by atoms with E-state index in [0.717, 1.165) is 0 Å². The fourth-order valence-electron chi connectivity index (χ4n) is 2.12. The molecule has 0 aliphatic rings. The maximum Gasteiger partial charge on any atom is 0.257 e. The van der Waals surface area contributed by atoms with Crippen LogP contribution in [0.2, 0.25) is 15.1 Å². The third-order valence-corrected chi connectivity index (χ3v) is 4.23. The molecule has 0 saturated carbocycles. The first-order valence-electron chi connectivity index (χ1n) is 7.27. The minimum absolute atomic E-state index is 0.300. The standard InChI is InChI=1S/C18H12Cl3N3O/c19-11-5-7-15(21)16(9-11)24-17-8-6-12(10-22-17)23-18(25)13-3-1-2-4-14(13)20/h1-10H,(H,22,24)(H,23,25). The second-order valence-corrected chi connectivity index (χ2v) is 6.37. The normalized spacial score (nSPS) is 10.4. The van der Waals surface area contributed by atoms with Gasteiger partial charge in [-0.05, 0) is 42.5 Å². The summed E-state index contributed by atoms with van der Waals surface area (Å²) in [5.41, 5.74) is 1.60. The molecule has 1 heterocycles. The highest BCUT2D eigenvalue weighted by molar-refractivity contribution is 6.35. The molecule has 0 atom stereocenters. The summed E-state index contributed by atoms with van der Waals surface area (Å²) in [7, 11) is 0. The first-order valence-corrected chi connectivity index (χ1v) is 8.40. The van der Waals surface area contributed by atoms with Crippen LogP contribution in [0, 0.1) is 0 Å². The Hall–Kier alpha value is -2.27. The predicted molar refractivity (Wildman–Crippen MR) is 103 cm³/mol. The Morgan fingerprint density at radius 1 is 0.920 bits per heavy atom. The van der Waals surface area contributed by atoms with E-state index in [9.17, 15) is 4.79 Å². The van der Waals surface area contributed by atoms with Crippen LogP contribution in [0.4, 0.5) is 17.2 Å². The number of nitrogens with one attached hydrogen (secondary N) is 2. The van der Waals surface area contributed by atoms with E-state index in [2.05, 4.69) is 15.6 Å². The van der Waals surface area contributed by atoms with E-state index in [1.54, 1.807) is 54.6 Å². The van der Waals surface area contributed by atoms with Gasteiger partial charge in [-0.25, -0.2) is 4.98 Å². The van der Waals surface area contributed by atoms with E-state index in [1.807, 2.05) is 0 Å². The van der Waals surface area contributed by atoms with E-state index in [-0.39, 0.29) is 5.91 Å². The predicted octanol–water partition coefficient (Wildman–Crippen LogP) is 6.04. The molecule has 0 spiro atoms. The number of carbonyl (C=O) groups is 1. The molecule has 4 nitrogen and oxygen atoms in total. The maximum absolute atomic E-state index is 12.2. The summed E-state index contributed by atoms with van der Waals surface area (Å²) in [6.45, 7) is 0. The number of benzene rings is 2. The van der Waals surface area contributed by atoms with Crippen LogP contribution in [-0.4, -0.2) is 10.9 Å². The Balaban J connectivity index is 1.71. The molecule has 3 aromatic rings. The van der Waals surface area contributed by atoms with Crippen molar-refractivity contribution in [2.24, 2.45) is 0 Å². The smallest absolute Gasteiger partial charge is 0.257 e. The summed E-state index contributed by atoms with van der Waals surface area (Å²) in [6.07, 6.45) is 1.54. The van der Waals surface area contributed by atoms with Gasteiger partial charge in [-0.15, -0.1) is 0 Å². The average Bonchev–Trinajstić information content (AvgIpc) is 2.60. The molecule has 25 heavy (non-hydrogen) atoms. The van der Waals surface area contributed by atoms with Gasteiger partial charge in [-0.1, -0.05) is 46.9 Å². The summed E-state index contributed by atoms with van der Waals surface area (Å²) >= 11 is 18.1. The van der Waals surface area contributed by atoms with Gasteiger partial charge in [0.15, 0.2) is 0 Å². The van der Waals surface area contributed by atoms with Gasteiger partial charge in [0.1, 0.15) is 5.82 Å². The molecule has 0 aliphatic heterocycles. The average molecular weight is 393 g/mol. The van der Waals surface area contributed by atoms with E-state index in [1.165, 1.54) is 6.20 Å². The summed E-state index contributed by atoms with van der Waals surface area (Å²) in [4.78, 5) is 16.5. The molecule has 0 aliphatic carbocycles. The SMILES string of the molecule is O=C(Nc1ccc(Nc2cc(Cl)ccc2Cl)nc1)c1ccccc1Cl. The minimum Gasteiger partial charge on any atom is -0.339 e. The van der Waals surface area contributed by atoms with Gasteiger partial charge in [-0.3, -0.25) is 4.79 Å². The van der Waals surface area contributed by atoms with Gasteiger partial charge in [0, 0.05) is 5.02 Å². The monoisotopic (exact) mass is 391 g/mol. The lowest BCUT2D eigenvalue weighted by atomic mass is 10.2. The number of carbonyl (C=O) groups excluding carboxylic acids is 1. The molecule has 1 aromatic heterocycles. The minimum atomic E-state index is -0.300. The molecule has 3 rings (SSSR count). The van der Waals surface area contributed by atoms with Crippen molar-refractivity contribution in [2.45, 2.75) is 0 Å². The summed E-state index contributed by atoms with van der Waals surface area (Å²) in [5.74, 6) is 0.269. The Morgan fingerprint density at radius 2 is 1.72 bits per heavy atom. The molecular weight excluding hydrogens is 381 g/mol. The number of amides is 1. The highest BCUT2D eigenvalue weighted by atomic mass is 35.5. The number of rotatable bonds is 4. The Labute approximate surface area is 159 Å². The molecule has 0 saturated heterocycles. The molecule has 2 aromatic carbocycles. The second kappa shape index (κ2) is 7.74. The number of pyridine rings is 1. The Kier molecular flexibility index (Phi) is 5.43. The van der Waals surface area contributed by atoms with Crippen molar-refractivity contribution in [3.05, 3.63) is 81.4 Å². The number of anilines is 3. The zero-order chi connectivity index (χ0) is 17.8. The topological polar surface area (TPSA) is 54.0 Å². The van der Waals surface area contributed by atoms with Gasteiger partial charge in [0.05, 0.1) is 33.2 Å². The van der Waals surface area contributed by atoms with Gasteiger partial charge >= 0.3 is 0 Å². The van der Waals surface area contributed by atoms with Gasteiger partial charge < -0.3 is 10.6 Å². The molecule has 2 N–H and O–H groups in total. The van der Waals surface area contributed by atoms with E-state index in [0.29, 0.717) is 37.8 Å². The quantitative estimate of drug-likeness (QED) is 0.569. The van der Waals surface area contributed by atoms with Crippen LogP contribution in [0.15, 0.2) is 60.8 Å². The van der Waals surface area contributed by atoms with Crippen LogP contribution >= 0.6 is 34.8 Å². The van der Waals surface area contributed by atoms with Crippen molar-refractivity contribution in [1.82, 2.24) is 4.98 Å². The van der Waals surface area contributed by atoms with Crippen LogP contribution in [-0.2, 0) is 0 Å². The van der Waals surface area contributed by atoms with Crippen LogP contribution in [0.5, 0.6) is 0 Å². The van der Waals surface area contributed by atoms with E-state index < -0.39 is 0 Å². The zero-order valence-corrected chi connectivity index (χ0v) is 15.0. The van der Waals surface area contributed by atoms with Gasteiger partial charge in [0.2, 0.25) is 0 Å². The number of hydrogen-bond acceptors (Lipinski definition) is 3.